The fraction of sp³-hybridized carbons (Fsp3) is 0.235. The average Bonchev–Trinajstić information content (AvgIpc) is 2.92. The van der Waals surface area contributed by atoms with Gasteiger partial charge in [0.1, 0.15) is 6.54 Å². The lowest BCUT2D eigenvalue weighted by atomic mass is 10.1. The van der Waals surface area contributed by atoms with Crippen molar-refractivity contribution >= 4 is 27.4 Å². The first-order chi connectivity index (χ1) is 11.5. The highest BCUT2D eigenvalue weighted by Crippen LogP contribution is 2.16. The van der Waals surface area contributed by atoms with E-state index >= 15 is 0 Å². The molecule has 0 spiro atoms. The van der Waals surface area contributed by atoms with Crippen LogP contribution in [0.1, 0.15) is 24.2 Å². The van der Waals surface area contributed by atoms with Crippen molar-refractivity contribution < 1.29 is 4.79 Å². The van der Waals surface area contributed by atoms with E-state index in [1.54, 1.807) is 10.6 Å². The molecule has 0 saturated carbocycles. The van der Waals surface area contributed by atoms with Gasteiger partial charge in [0, 0.05) is 10.2 Å². The lowest BCUT2D eigenvalue weighted by molar-refractivity contribution is -0.122. The molecule has 7 heteroatoms. The zero-order valence-electron chi connectivity index (χ0n) is 13.4. The van der Waals surface area contributed by atoms with Crippen LogP contribution in [0.15, 0.2) is 51.9 Å². The Balaban J connectivity index is 1.75. The number of aryl methyl sites for hydroxylation is 1. The Hall–Kier alpha value is -2.41. The normalized spacial score (nSPS) is 12.3. The van der Waals surface area contributed by atoms with Crippen molar-refractivity contribution in [3.63, 3.8) is 0 Å². The van der Waals surface area contributed by atoms with Crippen LogP contribution in [0.3, 0.4) is 0 Å². The molecule has 124 valence electrons. The van der Waals surface area contributed by atoms with Crippen LogP contribution in [-0.4, -0.2) is 20.1 Å². The highest BCUT2D eigenvalue weighted by molar-refractivity contribution is 9.10. The minimum Gasteiger partial charge on any atom is -0.348 e. The van der Waals surface area contributed by atoms with Crippen LogP contribution in [-0.2, 0) is 11.3 Å². The highest BCUT2D eigenvalue weighted by atomic mass is 79.9. The van der Waals surface area contributed by atoms with Crippen LogP contribution in [0, 0.1) is 6.92 Å². The number of benzene rings is 1. The van der Waals surface area contributed by atoms with E-state index in [0.717, 1.165) is 21.2 Å². The molecule has 3 aromatic rings. The summed E-state index contributed by atoms with van der Waals surface area (Å²) in [4.78, 5) is 24.7. The van der Waals surface area contributed by atoms with Gasteiger partial charge in [-0.15, -0.1) is 0 Å². The van der Waals surface area contributed by atoms with Gasteiger partial charge in [0.15, 0.2) is 0 Å². The molecular formula is C17H17BrN4O2. The Morgan fingerprint density at radius 3 is 2.67 bits per heavy atom. The predicted octanol–water partition coefficient (Wildman–Crippen LogP) is 2.44. The standard InChI is InChI=1S/C17H17BrN4O2/c1-11-3-8-15-9-19-21(17(24)22(11)15)10-16(23)20-12(2)13-4-6-14(18)7-5-13/h3-9,12H,10H2,1-2H3,(H,20,23)/t12-/m0/s1. The highest BCUT2D eigenvalue weighted by Gasteiger charge is 2.13. The lowest BCUT2D eigenvalue weighted by Gasteiger charge is -2.15. The van der Waals surface area contributed by atoms with E-state index in [0.29, 0.717) is 0 Å². The fourth-order valence-corrected chi connectivity index (χ4v) is 2.85. The van der Waals surface area contributed by atoms with Crippen LogP contribution in [0.25, 0.3) is 5.52 Å². The van der Waals surface area contributed by atoms with Crippen molar-refractivity contribution in [1.82, 2.24) is 19.5 Å². The number of carbonyl (C=O) groups is 1. The smallest absolute Gasteiger partial charge is 0.348 e. The molecule has 24 heavy (non-hydrogen) atoms. The first-order valence-electron chi connectivity index (χ1n) is 7.55. The van der Waals surface area contributed by atoms with Crippen LogP contribution < -0.4 is 11.0 Å². The van der Waals surface area contributed by atoms with Crippen molar-refractivity contribution in [2.75, 3.05) is 0 Å². The summed E-state index contributed by atoms with van der Waals surface area (Å²) in [5.41, 5.74) is 2.21. The van der Waals surface area contributed by atoms with Gasteiger partial charge in [0.2, 0.25) is 5.91 Å². The van der Waals surface area contributed by atoms with E-state index in [9.17, 15) is 9.59 Å². The molecule has 2 aromatic heterocycles. The van der Waals surface area contributed by atoms with Crippen LogP contribution in [0.4, 0.5) is 0 Å². The zero-order valence-corrected chi connectivity index (χ0v) is 14.9. The number of carbonyl (C=O) groups excluding carboxylic acids is 1. The van der Waals surface area contributed by atoms with Gasteiger partial charge in [-0.2, -0.15) is 5.10 Å². The number of hydrogen-bond acceptors (Lipinski definition) is 3. The molecule has 1 atom stereocenters. The second-order valence-corrected chi connectivity index (χ2v) is 6.58. The number of aromatic nitrogens is 3. The van der Waals surface area contributed by atoms with Crippen molar-refractivity contribution in [2.24, 2.45) is 0 Å². The van der Waals surface area contributed by atoms with Crippen molar-refractivity contribution in [2.45, 2.75) is 26.4 Å². The Bertz CT molecular complexity index is 943. The Morgan fingerprint density at radius 2 is 1.96 bits per heavy atom. The van der Waals surface area contributed by atoms with Crippen LogP contribution in [0.2, 0.25) is 0 Å². The van der Waals surface area contributed by atoms with Crippen molar-refractivity contribution in [3.05, 3.63) is 68.8 Å². The minimum atomic E-state index is -0.318. The van der Waals surface area contributed by atoms with Gasteiger partial charge >= 0.3 is 5.69 Å². The fourth-order valence-electron chi connectivity index (χ4n) is 2.58. The lowest BCUT2D eigenvalue weighted by Crippen LogP contribution is -2.37. The monoisotopic (exact) mass is 388 g/mol. The van der Waals surface area contributed by atoms with E-state index in [1.165, 1.54) is 4.68 Å². The maximum atomic E-state index is 12.4. The summed E-state index contributed by atoms with van der Waals surface area (Å²) in [7, 11) is 0. The van der Waals surface area contributed by atoms with E-state index in [2.05, 4.69) is 26.3 Å². The molecular weight excluding hydrogens is 372 g/mol. The van der Waals surface area contributed by atoms with Gasteiger partial charge in [0.25, 0.3) is 0 Å². The van der Waals surface area contributed by atoms with Gasteiger partial charge < -0.3 is 5.32 Å². The molecule has 1 aromatic carbocycles. The van der Waals surface area contributed by atoms with Crippen molar-refractivity contribution in [1.29, 1.82) is 0 Å². The summed E-state index contributed by atoms with van der Waals surface area (Å²) in [6.45, 7) is 3.62. The van der Waals surface area contributed by atoms with Crippen LogP contribution in [0.5, 0.6) is 0 Å². The molecule has 0 fully saturated rings. The Morgan fingerprint density at radius 1 is 1.25 bits per heavy atom. The van der Waals surface area contributed by atoms with E-state index in [4.69, 9.17) is 0 Å². The molecule has 0 unspecified atom stereocenters. The summed E-state index contributed by atoms with van der Waals surface area (Å²) in [5, 5.41) is 6.95. The molecule has 2 heterocycles. The van der Waals surface area contributed by atoms with E-state index < -0.39 is 0 Å². The first-order valence-corrected chi connectivity index (χ1v) is 8.34. The van der Waals surface area contributed by atoms with Gasteiger partial charge in [-0.3, -0.25) is 9.20 Å². The largest absolute Gasteiger partial charge is 0.349 e. The molecule has 3 rings (SSSR count). The van der Waals surface area contributed by atoms with Gasteiger partial charge in [-0.05, 0) is 43.7 Å². The SMILES string of the molecule is Cc1ccc2cnn(CC(=O)N[C@@H](C)c3ccc(Br)cc3)c(=O)n12. The summed E-state index contributed by atoms with van der Waals surface area (Å²) in [6, 6.07) is 11.2. The predicted molar refractivity (Wildman–Crippen MR) is 94.9 cm³/mol. The average molecular weight is 389 g/mol. The van der Waals surface area contributed by atoms with Gasteiger partial charge in [-0.25, -0.2) is 9.48 Å². The number of fused-ring (bicyclic) bond motifs is 1. The second kappa shape index (κ2) is 6.60. The number of rotatable bonds is 4. The quantitative estimate of drug-likeness (QED) is 0.746. The van der Waals surface area contributed by atoms with E-state index in [1.807, 2.05) is 50.2 Å². The Labute approximate surface area is 147 Å². The second-order valence-electron chi connectivity index (χ2n) is 5.66. The molecule has 6 nitrogen and oxygen atoms in total. The number of nitrogens with zero attached hydrogens (tertiary/aromatic N) is 3. The number of amides is 1. The third kappa shape index (κ3) is 3.26. The summed E-state index contributed by atoms with van der Waals surface area (Å²) in [5.74, 6) is -0.260. The van der Waals surface area contributed by atoms with Crippen LogP contribution >= 0.6 is 15.9 Å². The molecule has 0 bridgehead atoms. The molecule has 0 aliphatic heterocycles. The Kier molecular flexibility index (Phi) is 4.53. The van der Waals surface area contributed by atoms with Crippen molar-refractivity contribution in [3.8, 4) is 0 Å². The molecule has 1 amide bonds. The third-order valence-corrected chi connectivity index (χ3v) is 4.42. The summed E-state index contributed by atoms with van der Waals surface area (Å²) >= 11 is 3.38. The molecule has 0 radical (unpaired) electrons. The summed E-state index contributed by atoms with van der Waals surface area (Å²) in [6.07, 6.45) is 1.58. The zero-order chi connectivity index (χ0) is 17.3. The minimum absolute atomic E-state index is 0.118. The first kappa shape index (κ1) is 16.4. The topological polar surface area (TPSA) is 68.4 Å². The summed E-state index contributed by atoms with van der Waals surface area (Å²) < 4.78 is 3.69. The molecule has 0 saturated heterocycles. The maximum absolute atomic E-state index is 12.4. The molecule has 0 aliphatic carbocycles. The number of halogens is 1. The number of nitrogens with one attached hydrogen (secondary N) is 1. The third-order valence-electron chi connectivity index (χ3n) is 3.89. The van der Waals surface area contributed by atoms with Gasteiger partial charge in [-0.1, -0.05) is 28.1 Å². The maximum Gasteiger partial charge on any atom is 0.349 e. The van der Waals surface area contributed by atoms with E-state index in [-0.39, 0.29) is 24.2 Å². The van der Waals surface area contributed by atoms with Gasteiger partial charge in [0.05, 0.1) is 17.8 Å². The number of hydrogen-bond donors (Lipinski definition) is 1. The molecule has 1 N–H and O–H groups in total. The molecule has 0 aliphatic rings.